The Kier molecular flexibility index (Phi) is 6.71. The van der Waals surface area contributed by atoms with E-state index in [9.17, 15) is 9.59 Å². The van der Waals surface area contributed by atoms with Gasteiger partial charge in [-0.25, -0.2) is 14.9 Å². The van der Waals surface area contributed by atoms with Crippen molar-refractivity contribution in [3.63, 3.8) is 0 Å². The Bertz CT molecular complexity index is 851. The molecule has 25 heavy (non-hydrogen) atoms. The number of hydrogen-bond acceptors (Lipinski definition) is 2. The first-order valence-electron chi connectivity index (χ1n) is 8.24. The van der Waals surface area contributed by atoms with Crippen molar-refractivity contribution in [2.24, 2.45) is 5.92 Å². The first-order valence-corrected chi connectivity index (χ1v) is 8.24. The standard InChI is InChI=1S/C20H21N2O2.Na/c1-15(2)13-14-18-19(23)21(16-9-5-3-6-10-16)22(20(18)24)17-11-7-4-8-12-17;/h3-12,15H,13-14H2,1-2H3;/q-1;+1. The van der Waals surface area contributed by atoms with Gasteiger partial charge in [0.05, 0.1) is 11.4 Å². The third-order valence-corrected chi connectivity index (χ3v) is 4.07. The molecule has 0 fully saturated rings. The summed E-state index contributed by atoms with van der Waals surface area (Å²) in [6, 6.07) is 18.6. The van der Waals surface area contributed by atoms with Gasteiger partial charge in [-0.15, -0.1) is 6.42 Å². The smallest absolute Gasteiger partial charge is 0.308 e. The molecule has 0 aliphatic heterocycles. The van der Waals surface area contributed by atoms with Crippen LogP contribution in [0.4, 0.5) is 0 Å². The van der Waals surface area contributed by atoms with Gasteiger partial charge >= 0.3 is 29.6 Å². The second kappa shape index (κ2) is 8.56. The van der Waals surface area contributed by atoms with E-state index in [1.807, 2.05) is 60.7 Å². The average molecular weight is 344 g/mol. The Morgan fingerprint density at radius 1 is 0.800 bits per heavy atom. The van der Waals surface area contributed by atoms with Crippen molar-refractivity contribution < 1.29 is 29.6 Å². The molecule has 0 aliphatic carbocycles. The quantitative estimate of drug-likeness (QED) is 0.494. The summed E-state index contributed by atoms with van der Waals surface area (Å²) in [5, 5.41) is 0. The monoisotopic (exact) mass is 344 g/mol. The van der Waals surface area contributed by atoms with Crippen molar-refractivity contribution in [1.29, 1.82) is 0 Å². The molecule has 0 saturated heterocycles. The summed E-state index contributed by atoms with van der Waals surface area (Å²) in [6.45, 7) is 4.18. The number of nitrogens with zero attached hydrogens (tertiary/aromatic N) is 2. The van der Waals surface area contributed by atoms with Gasteiger partial charge in [-0.2, -0.15) is 0 Å². The molecule has 0 unspecified atom stereocenters. The van der Waals surface area contributed by atoms with Gasteiger partial charge in [0.1, 0.15) is 11.1 Å². The maximum Gasteiger partial charge on any atom is 1.00 e. The summed E-state index contributed by atoms with van der Waals surface area (Å²) in [6.07, 6.45) is 1.32. The molecule has 0 saturated carbocycles. The molecule has 5 heteroatoms. The molecule has 3 aromatic rings. The molecule has 1 heterocycles. The molecular formula is C20H21N2NaO2. The van der Waals surface area contributed by atoms with E-state index in [1.165, 1.54) is 9.36 Å². The van der Waals surface area contributed by atoms with Crippen molar-refractivity contribution in [2.45, 2.75) is 26.7 Å². The van der Waals surface area contributed by atoms with Crippen LogP contribution in [0.2, 0.25) is 0 Å². The Labute approximate surface area is 169 Å². The van der Waals surface area contributed by atoms with Crippen LogP contribution in [-0.4, -0.2) is 9.36 Å². The third-order valence-electron chi connectivity index (χ3n) is 4.07. The van der Waals surface area contributed by atoms with Crippen molar-refractivity contribution in [3.05, 3.63) is 86.9 Å². The van der Waals surface area contributed by atoms with Gasteiger partial charge in [-0.1, -0.05) is 56.7 Å². The zero-order valence-corrected chi connectivity index (χ0v) is 17.0. The van der Waals surface area contributed by atoms with E-state index in [0.29, 0.717) is 29.3 Å². The Hall–Kier alpha value is -1.75. The minimum absolute atomic E-state index is 0. The molecule has 0 amide bonds. The summed E-state index contributed by atoms with van der Waals surface area (Å²) in [5.74, 6) is 0.439. The van der Waals surface area contributed by atoms with E-state index in [1.54, 1.807) is 0 Å². The average Bonchev–Trinajstić information content (AvgIpc) is 2.85. The van der Waals surface area contributed by atoms with Crippen LogP contribution < -0.4 is 40.7 Å². The SMILES string of the molecule is CC(C)CC[c-]1c(=O)n(-c2ccccc2)n(-c2ccccc2)c1=O.[Na+]. The summed E-state index contributed by atoms with van der Waals surface area (Å²) < 4.78 is 2.96. The molecule has 0 N–H and O–H groups in total. The fourth-order valence-corrected chi connectivity index (χ4v) is 2.78. The third kappa shape index (κ3) is 4.09. The number of para-hydroxylation sites is 2. The van der Waals surface area contributed by atoms with Crippen LogP contribution in [0.5, 0.6) is 0 Å². The molecule has 4 nitrogen and oxygen atoms in total. The minimum Gasteiger partial charge on any atom is -0.308 e. The molecule has 0 aliphatic rings. The van der Waals surface area contributed by atoms with E-state index in [2.05, 4.69) is 13.8 Å². The predicted octanol–water partition coefficient (Wildman–Crippen LogP) is 0.300. The summed E-state index contributed by atoms with van der Waals surface area (Å²) in [4.78, 5) is 25.9. The van der Waals surface area contributed by atoms with Gasteiger partial charge in [-0.3, -0.25) is 0 Å². The zero-order chi connectivity index (χ0) is 17.1. The number of hydrogen-bond donors (Lipinski definition) is 0. The molecular weight excluding hydrogens is 323 g/mol. The summed E-state index contributed by atoms with van der Waals surface area (Å²) in [5.41, 5.74) is 1.29. The van der Waals surface area contributed by atoms with Gasteiger partial charge in [0, 0.05) is 0 Å². The number of aromatic nitrogens is 2. The van der Waals surface area contributed by atoms with E-state index in [0.717, 1.165) is 6.42 Å². The first-order chi connectivity index (χ1) is 11.6. The largest absolute Gasteiger partial charge is 1.00 e. The number of benzene rings is 2. The molecule has 124 valence electrons. The van der Waals surface area contributed by atoms with Gasteiger partial charge in [0.15, 0.2) is 0 Å². The minimum atomic E-state index is -0.226. The van der Waals surface area contributed by atoms with Crippen LogP contribution in [0.3, 0.4) is 0 Å². The maximum absolute atomic E-state index is 12.9. The van der Waals surface area contributed by atoms with E-state index < -0.39 is 0 Å². The van der Waals surface area contributed by atoms with Gasteiger partial charge < -0.3 is 9.59 Å². The first kappa shape index (κ1) is 19.6. The van der Waals surface area contributed by atoms with Crippen molar-refractivity contribution in [3.8, 4) is 11.4 Å². The van der Waals surface area contributed by atoms with Crippen LogP contribution in [0, 0.1) is 5.92 Å². The molecule has 0 spiro atoms. The Balaban J connectivity index is 0.00000225. The fraction of sp³-hybridized carbons (Fsp3) is 0.250. The number of rotatable bonds is 5. The molecule has 0 radical (unpaired) electrons. The van der Waals surface area contributed by atoms with Crippen molar-refractivity contribution in [1.82, 2.24) is 9.36 Å². The fourth-order valence-electron chi connectivity index (χ4n) is 2.78. The van der Waals surface area contributed by atoms with E-state index in [-0.39, 0.29) is 40.7 Å². The van der Waals surface area contributed by atoms with Crippen LogP contribution >= 0.6 is 0 Å². The Morgan fingerprint density at radius 3 is 1.56 bits per heavy atom. The van der Waals surface area contributed by atoms with E-state index in [4.69, 9.17) is 0 Å². The molecule has 1 aromatic heterocycles. The zero-order valence-electron chi connectivity index (χ0n) is 15.0. The van der Waals surface area contributed by atoms with Crippen molar-refractivity contribution in [2.75, 3.05) is 0 Å². The summed E-state index contributed by atoms with van der Waals surface area (Å²) in [7, 11) is 0. The second-order valence-electron chi connectivity index (χ2n) is 6.32. The van der Waals surface area contributed by atoms with Gasteiger partial charge in [0.2, 0.25) is 0 Å². The molecule has 0 atom stereocenters. The second-order valence-corrected chi connectivity index (χ2v) is 6.32. The van der Waals surface area contributed by atoms with Crippen LogP contribution in [0.15, 0.2) is 70.3 Å². The maximum atomic E-state index is 12.9. The van der Waals surface area contributed by atoms with Crippen LogP contribution in [0.1, 0.15) is 25.8 Å². The topological polar surface area (TPSA) is 44.0 Å². The van der Waals surface area contributed by atoms with Crippen LogP contribution in [0.25, 0.3) is 11.4 Å². The van der Waals surface area contributed by atoms with Gasteiger partial charge in [-0.05, 0) is 30.2 Å². The normalized spacial score (nSPS) is 10.7. The van der Waals surface area contributed by atoms with Crippen molar-refractivity contribution >= 4 is 0 Å². The van der Waals surface area contributed by atoms with E-state index >= 15 is 0 Å². The molecule has 0 bridgehead atoms. The summed E-state index contributed by atoms with van der Waals surface area (Å²) >= 11 is 0. The predicted molar refractivity (Wildman–Crippen MR) is 96.4 cm³/mol. The van der Waals surface area contributed by atoms with Gasteiger partial charge in [0.25, 0.3) is 0 Å². The molecule has 3 rings (SSSR count). The van der Waals surface area contributed by atoms with Crippen LogP contribution in [-0.2, 0) is 6.42 Å². The molecule has 2 aromatic carbocycles. The Morgan fingerprint density at radius 2 is 1.20 bits per heavy atom.